The van der Waals surface area contributed by atoms with Crippen molar-refractivity contribution in [1.29, 1.82) is 0 Å². The van der Waals surface area contributed by atoms with Gasteiger partial charge in [0.15, 0.2) is 0 Å². The summed E-state index contributed by atoms with van der Waals surface area (Å²) in [6.45, 7) is 0.426. The highest BCUT2D eigenvalue weighted by atomic mass is 35.5. The maximum Gasteiger partial charge on any atom is 0.416 e. The predicted molar refractivity (Wildman–Crippen MR) is 114 cm³/mol. The van der Waals surface area contributed by atoms with Crippen LogP contribution in [0.3, 0.4) is 0 Å². The van der Waals surface area contributed by atoms with E-state index in [2.05, 4.69) is 0 Å². The van der Waals surface area contributed by atoms with Crippen LogP contribution in [0.4, 0.5) is 13.2 Å². The highest BCUT2D eigenvalue weighted by Crippen LogP contribution is 2.31. The fourth-order valence-corrected chi connectivity index (χ4v) is 2.84. The molecule has 8 heteroatoms. The van der Waals surface area contributed by atoms with E-state index in [0.717, 1.165) is 17.7 Å². The number of rotatable bonds is 9. The maximum absolute atomic E-state index is 12.6. The molecule has 0 aliphatic carbocycles. The third-order valence-corrected chi connectivity index (χ3v) is 4.64. The van der Waals surface area contributed by atoms with E-state index in [9.17, 15) is 18.0 Å². The van der Waals surface area contributed by atoms with Gasteiger partial charge in [-0.2, -0.15) is 13.2 Å². The fourth-order valence-electron chi connectivity index (χ4n) is 2.71. The van der Waals surface area contributed by atoms with Crippen LogP contribution in [0.25, 0.3) is 0 Å². The number of esters is 1. The van der Waals surface area contributed by atoms with Crippen LogP contribution in [0.2, 0.25) is 5.02 Å². The molecule has 0 aromatic heterocycles. The number of carbonyl (C=O) groups excluding carboxylic acids is 1. The molecule has 0 amide bonds. The molecule has 32 heavy (non-hydrogen) atoms. The van der Waals surface area contributed by atoms with Crippen molar-refractivity contribution in [2.75, 3.05) is 13.2 Å². The standard InChI is InChI=1S/C24H20ClF3O4/c25-19-5-1-17(2-6-19)13-15-31-23(29)14-16-30-20-9-11-22(12-10-20)32-21-7-3-18(4-8-21)24(26,27)28/h1-12H,13-16H2. The van der Waals surface area contributed by atoms with E-state index in [4.69, 9.17) is 25.8 Å². The summed E-state index contributed by atoms with van der Waals surface area (Å²) >= 11 is 5.83. The number of carbonyl (C=O) groups is 1. The molecular formula is C24H20ClF3O4. The zero-order valence-electron chi connectivity index (χ0n) is 16.9. The molecule has 0 radical (unpaired) electrons. The molecule has 3 aromatic carbocycles. The van der Waals surface area contributed by atoms with E-state index in [1.54, 1.807) is 36.4 Å². The number of hydrogen-bond acceptors (Lipinski definition) is 4. The van der Waals surface area contributed by atoms with E-state index in [1.165, 1.54) is 12.1 Å². The summed E-state index contributed by atoms with van der Waals surface area (Å²) < 4.78 is 54.0. The Kier molecular flexibility index (Phi) is 8.00. The van der Waals surface area contributed by atoms with E-state index >= 15 is 0 Å². The Labute approximate surface area is 188 Å². The van der Waals surface area contributed by atoms with Gasteiger partial charge in [-0.3, -0.25) is 4.79 Å². The summed E-state index contributed by atoms with van der Waals surface area (Å²) in [6.07, 6.45) is -3.69. The van der Waals surface area contributed by atoms with Gasteiger partial charge < -0.3 is 14.2 Å². The minimum Gasteiger partial charge on any atom is -0.493 e. The summed E-state index contributed by atoms with van der Waals surface area (Å²) in [5.74, 6) is 0.895. The SMILES string of the molecule is O=C(CCOc1ccc(Oc2ccc(C(F)(F)F)cc2)cc1)OCCc1ccc(Cl)cc1. The fraction of sp³-hybridized carbons (Fsp3) is 0.208. The lowest BCUT2D eigenvalue weighted by atomic mass is 10.2. The molecule has 3 rings (SSSR count). The molecule has 0 saturated carbocycles. The molecule has 0 fully saturated rings. The Morgan fingerprint density at radius 3 is 1.94 bits per heavy atom. The van der Waals surface area contributed by atoms with Crippen molar-refractivity contribution in [3.63, 3.8) is 0 Å². The van der Waals surface area contributed by atoms with Crippen LogP contribution < -0.4 is 9.47 Å². The average Bonchev–Trinajstić information content (AvgIpc) is 2.76. The largest absolute Gasteiger partial charge is 0.493 e. The molecule has 0 bridgehead atoms. The normalized spacial score (nSPS) is 11.1. The van der Waals surface area contributed by atoms with Crippen molar-refractivity contribution >= 4 is 17.6 Å². The molecule has 0 spiro atoms. The van der Waals surface area contributed by atoms with Gasteiger partial charge in [-0.05, 0) is 66.2 Å². The molecule has 0 atom stereocenters. The van der Waals surface area contributed by atoms with Gasteiger partial charge in [-0.25, -0.2) is 0 Å². The summed E-state index contributed by atoms with van der Waals surface area (Å²) in [5.41, 5.74) is 0.286. The first-order chi connectivity index (χ1) is 15.3. The predicted octanol–water partition coefficient (Wildman–Crippen LogP) is 6.71. The molecule has 0 unspecified atom stereocenters. The van der Waals surface area contributed by atoms with Crippen LogP contribution in [0.5, 0.6) is 17.2 Å². The number of benzene rings is 3. The first kappa shape index (κ1) is 23.5. The quantitative estimate of drug-likeness (QED) is 0.330. The third kappa shape index (κ3) is 7.50. The van der Waals surface area contributed by atoms with Gasteiger partial charge in [-0.15, -0.1) is 0 Å². The Morgan fingerprint density at radius 2 is 1.34 bits per heavy atom. The molecule has 0 aliphatic rings. The molecule has 0 N–H and O–H groups in total. The van der Waals surface area contributed by atoms with Crippen molar-refractivity contribution in [3.05, 3.63) is 88.9 Å². The second-order valence-electron chi connectivity index (χ2n) is 6.79. The van der Waals surface area contributed by atoms with Crippen molar-refractivity contribution in [2.24, 2.45) is 0 Å². The molecular weight excluding hydrogens is 445 g/mol. The lowest BCUT2D eigenvalue weighted by Crippen LogP contribution is -2.11. The topological polar surface area (TPSA) is 44.8 Å². The van der Waals surface area contributed by atoms with Crippen LogP contribution in [0.1, 0.15) is 17.5 Å². The number of alkyl halides is 3. The molecule has 0 aliphatic heterocycles. The highest BCUT2D eigenvalue weighted by molar-refractivity contribution is 6.30. The first-order valence-corrected chi connectivity index (χ1v) is 10.2. The Balaban J connectivity index is 1.37. The molecule has 168 valence electrons. The summed E-state index contributed by atoms with van der Waals surface area (Å²) in [7, 11) is 0. The molecule has 3 aromatic rings. The van der Waals surface area contributed by atoms with Crippen molar-refractivity contribution in [1.82, 2.24) is 0 Å². The Bertz CT molecular complexity index is 1000. The minimum absolute atomic E-state index is 0.102. The van der Waals surface area contributed by atoms with E-state index in [1.807, 2.05) is 12.1 Å². The summed E-state index contributed by atoms with van der Waals surface area (Å²) in [4.78, 5) is 11.8. The minimum atomic E-state index is -4.39. The average molecular weight is 465 g/mol. The summed E-state index contributed by atoms with van der Waals surface area (Å²) in [6, 6.07) is 18.3. The van der Waals surface area contributed by atoms with E-state index in [-0.39, 0.29) is 31.4 Å². The van der Waals surface area contributed by atoms with Gasteiger partial charge in [0.1, 0.15) is 17.2 Å². The van der Waals surface area contributed by atoms with Crippen molar-refractivity contribution in [2.45, 2.75) is 19.0 Å². The van der Waals surface area contributed by atoms with Gasteiger partial charge in [0.05, 0.1) is 25.2 Å². The van der Waals surface area contributed by atoms with E-state index < -0.39 is 11.7 Å². The van der Waals surface area contributed by atoms with Crippen LogP contribution in [-0.2, 0) is 22.1 Å². The second-order valence-corrected chi connectivity index (χ2v) is 7.23. The van der Waals surface area contributed by atoms with Crippen molar-refractivity contribution in [3.8, 4) is 17.2 Å². The van der Waals surface area contributed by atoms with Crippen LogP contribution in [0.15, 0.2) is 72.8 Å². The molecule has 4 nitrogen and oxygen atoms in total. The molecule has 0 heterocycles. The monoisotopic (exact) mass is 464 g/mol. The van der Waals surface area contributed by atoms with Gasteiger partial charge >= 0.3 is 12.1 Å². The van der Waals surface area contributed by atoms with Gasteiger partial charge in [0, 0.05) is 11.4 Å². The lowest BCUT2D eigenvalue weighted by molar-refractivity contribution is -0.144. The zero-order valence-corrected chi connectivity index (χ0v) is 17.7. The van der Waals surface area contributed by atoms with Crippen LogP contribution >= 0.6 is 11.6 Å². The maximum atomic E-state index is 12.6. The lowest BCUT2D eigenvalue weighted by Gasteiger charge is -2.10. The van der Waals surface area contributed by atoms with E-state index in [0.29, 0.717) is 22.9 Å². The van der Waals surface area contributed by atoms with Crippen LogP contribution in [0, 0.1) is 0 Å². The Hall–Kier alpha value is -3.19. The number of ether oxygens (including phenoxy) is 3. The highest BCUT2D eigenvalue weighted by Gasteiger charge is 2.30. The third-order valence-electron chi connectivity index (χ3n) is 4.38. The molecule has 0 saturated heterocycles. The van der Waals surface area contributed by atoms with Crippen molar-refractivity contribution < 1.29 is 32.2 Å². The number of hydrogen-bond donors (Lipinski definition) is 0. The smallest absolute Gasteiger partial charge is 0.416 e. The number of halogens is 4. The van der Waals surface area contributed by atoms with Gasteiger partial charge in [0.2, 0.25) is 0 Å². The summed E-state index contributed by atoms with van der Waals surface area (Å²) in [5, 5.41) is 0.655. The van der Waals surface area contributed by atoms with Gasteiger partial charge in [0.25, 0.3) is 0 Å². The Morgan fingerprint density at radius 1 is 0.781 bits per heavy atom. The zero-order chi connectivity index (χ0) is 23.0. The van der Waals surface area contributed by atoms with Gasteiger partial charge in [-0.1, -0.05) is 23.7 Å². The first-order valence-electron chi connectivity index (χ1n) is 9.78. The van der Waals surface area contributed by atoms with Crippen LogP contribution in [-0.4, -0.2) is 19.2 Å². The second kappa shape index (κ2) is 10.9.